The maximum atomic E-state index is 4.87. The summed E-state index contributed by atoms with van der Waals surface area (Å²) in [6.07, 6.45) is 3.59. The van der Waals surface area contributed by atoms with Gasteiger partial charge in [-0.05, 0) is 50.2 Å². The molecule has 2 rings (SSSR count). The summed E-state index contributed by atoms with van der Waals surface area (Å²) < 4.78 is 0. The van der Waals surface area contributed by atoms with Crippen LogP contribution in [-0.4, -0.2) is 23.0 Å². The van der Waals surface area contributed by atoms with E-state index in [1.807, 2.05) is 11.3 Å². The maximum Gasteiger partial charge on any atom is 0.110 e. The van der Waals surface area contributed by atoms with Crippen LogP contribution in [0.3, 0.4) is 0 Å². The molecule has 0 radical (unpaired) electrons. The van der Waals surface area contributed by atoms with Crippen LogP contribution in [0, 0.1) is 12.8 Å². The number of aryl methyl sites for hydroxylation is 2. The van der Waals surface area contributed by atoms with E-state index in [2.05, 4.69) is 37.8 Å². The second-order valence-corrected chi connectivity index (χ2v) is 7.35. The van der Waals surface area contributed by atoms with Crippen LogP contribution in [0.2, 0.25) is 0 Å². The van der Waals surface area contributed by atoms with Gasteiger partial charge in [0.2, 0.25) is 0 Å². The van der Waals surface area contributed by atoms with Crippen molar-refractivity contribution in [1.82, 2.24) is 10.3 Å². The average molecular weight is 284 g/mol. The van der Waals surface area contributed by atoms with Crippen molar-refractivity contribution in [2.45, 2.75) is 46.1 Å². The standard InChI is InChI=1S/C14H24N2S2/c1-4-7-15-13(11-6-8-17-9-11)14-16-12(5-2)10(3)18-14/h11,13,15H,4-9H2,1-3H3. The van der Waals surface area contributed by atoms with E-state index in [-0.39, 0.29) is 0 Å². The van der Waals surface area contributed by atoms with Crippen molar-refractivity contribution >= 4 is 23.1 Å². The summed E-state index contributed by atoms with van der Waals surface area (Å²) in [5.41, 5.74) is 1.30. The van der Waals surface area contributed by atoms with Gasteiger partial charge in [-0.25, -0.2) is 4.98 Å². The van der Waals surface area contributed by atoms with Crippen molar-refractivity contribution < 1.29 is 0 Å². The minimum absolute atomic E-state index is 0.490. The molecule has 1 saturated heterocycles. The predicted molar refractivity (Wildman–Crippen MR) is 82.7 cm³/mol. The van der Waals surface area contributed by atoms with E-state index in [1.54, 1.807) is 0 Å². The lowest BCUT2D eigenvalue weighted by Gasteiger charge is -2.22. The second-order valence-electron chi connectivity index (χ2n) is 4.96. The Hall–Kier alpha value is -0.0600. The van der Waals surface area contributed by atoms with Crippen LogP contribution in [0.25, 0.3) is 0 Å². The Labute approximate surface area is 119 Å². The van der Waals surface area contributed by atoms with Crippen molar-refractivity contribution in [3.8, 4) is 0 Å². The van der Waals surface area contributed by atoms with Crippen molar-refractivity contribution in [3.05, 3.63) is 15.6 Å². The highest BCUT2D eigenvalue weighted by molar-refractivity contribution is 7.99. The molecule has 1 N–H and O–H groups in total. The van der Waals surface area contributed by atoms with E-state index in [1.165, 1.54) is 39.9 Å². The van der Waals surface area contributed by atoms with Gasteiger partial charge >= 0.3 is 0 Å². The van der Waals surface area contributed by atoms with Crippen molar-refractivity contribution in [2.75, 3.05) is 18.1 Å². The minimum Gasteiger partial charge on any atom is -0.308 e. The first-order chi connectivity index (χ1) is 8.76. The Morgan fingerprint density at radius 1 is 1.44 bits per heavy atom. The van der Waals surface area contributed by atoms with Crippen LogP contribution >= 0.6 is 23.1 Å². The lowest BCUT2D eigenvalue weighted by atomic mass is 9.99. The van der Waals surface area contributed by atoms with Gasteiger partial charge in [0, 0.05) is 4.88 Å². The van der Waals surface area contributed by atoms with E-state index in [9.17, 15) is 0 Å². The van der Waals surface area contributed by atoms with Crippen molar-refractivity contribution in [1.29, 1.82) is 0 Å². The van der Waals surface area contributed by atoms with Crippen molar-refractivity contribution in [3.63, 3.8) is 0 Å². The molecule has 2 unspecified atom stereocenters. The molecule has 2 heterocycles. The van der Waals surface area contributed by atoms with Crippen LogP contribution in [0.5, 0.6) is 0 Å². The Bertz CT molecular complexity index is 370. The second kappa shape index (κ2) is 6.92. The van der Waals surface area contributed by atoms with Gasteiger partial charge in [-0.15, -0.1) is 11.3 Å². The van der Waals surface area contributed by atoms with Gasteiger partial charge in [-0.1, -0.05) is 13.8 Å². The number of aromatic nitrogens is 1. The Kier molecular flexibility index (Phi) is 5.52. The molecule has 18 heavy (non-hydrogen) atoms. The summed E-state index contributed by atoms with van der Waals surface area (Å²) in [6.45, 7) is 7.75. The Balaban J connectivity index is 2.15. The molecule has 4 heteroatoms. The first kappa shape index (κ1) is 14.4. The summed E-state index contributed by atoms with van der Waals surface area (Å²) in [7, 11) is 0. The first-order valence-corrected chi connectivity index (χ1v) is 9.00. The third-order valence-corrected chi connectivity index (χ3v) is 5.85. The molecule has 2 atom stereocenters. The van der Waals surface area contributed by atoms with Gasteiger partial charge in [0.15, 0.2) is 0 Å². The SMILES string of the molecule is CCCNC(c1nc(CC)c(C)s1)C1CCSC1. The van der Waals surface area contributed by atoms with E-state index < -0.39 is 0 Å². The maximum absolute atomic E-state index is 4.87. The summed E-state index contributed by atoms with van der Waals surface area (Å²) in [6, 6.07) is 0.490. The van der Waals surface area contributed by atoms with Gasteiger partial charge in [0.25, 0.3) is 0 Å². The van der Waals surface area contributed by atoms with Crippen LogP contribution in [0.4, 0.5) is 0 Å². The highest BCUT2D eigenvalue weighted by Crippen LogP contribution is 2.36. The third kappa shape index (κ3) is 3.28. The number of thiazole rings is 1. The molecule has 2 nitrogen and oxygen atoms in total. The van der Waals surface area contributed by atoms with E-state index in [0.29, 0.717) is 6.04 Å². The molecule has 0 aromatic carbocycles. The lowest BCUT2D eigenvalue weighted by Crippen LogP contribution is -2.29. The molecule has 1 aliphatic rings. The van der Waals surface area contributed by atoms with Crippen LogP contribution in [-0.2, 0) is 6.42 Å². The fourth-order valence-corrected chi connectivity index (χ4v) is 4.96. The highest BCUT2D eigenvalue weighted by atomic mass is 32.2. The zero-order chi connectivity index (χ0) is 13.0. The Morgan fingerprint density at radius 2 is 2.28 bits per heavy atom. The molecule has 0 spiro atoms. The minimum atomic E-state index is 0.490. The summed E-state index contributed by atoms with van der Waals surface area (Å²) in [5, 5.41) is 5.05. The number of rotatable bonds is 6. The molecule has 102 valence electrons. The zero-order valence-corrected chi connectivity index (χ0v) is 13.3. The van der Waals surface area contributed by atoms with Gasteiger partial charge in [0.05, 0.1) is 11.7 Å². The third-order valence-electron chi connectivity index (χ3n) is 3.56. The van der Waals surface area contributed by atoms with Crippen molar-refractivity contribution in [2.24, 2.45) is 5.92 Å². The summed E-state index contributed by atoms with van der Waals surface area (Å²) in [5.74, 6) is 3.39. The quantitative estimate of drug-likeness (QED) is 0.860. The molecule has 1 aliphatic heterocycles. The lowest BCUT2D eigenvalue weighted by molar-refractivity contribution is 0.392. The van der Waals surface area contributed by atoms with Crippen LogP contribution in [0.15, 0.2) is 0 Å². The molecule has 0 bridgehead atoms. The largest absolute Gasteiger partial charge is 0.308 e. The van der Waals surface area contributed by atoms with Crippen LogP contribution < -0.4 is 5.32 Å². The number of hydrogen-bond acceptors (Lipinski definition) is 4. The van der Waals surface area contributed by atoms with E-state index in [0.717, 1.165) is 18.9 Å². The molecule has 1 aromatic heterocycles. The van der Waals surface area contributed by atoms with E-state index in [4.69, 9.17) is 4.98 Å². The fourth-order valence-electron chi connectivity index (χ4n) is 2.48. The van der Waals surface area contributed by atoms with Gasteiger partial charge in [-0.3, -0.25) is 0 Å². The zero-order valence-electron chi connectivity index (χ0n) is 11.7. The van der Waals surface area contributed by atoms with Crippen LogP contribution in [0.1, 0.15) is 48.3 Å². The number of hydrogen-bond donors (Lipinski definition) is 1. The number of nitrogens with zero attached hydrogens (tertiary/aromatic N) is 1. The topological polar surface area (TPSA) is 24.9 Å². The molecular formula is C14H24N2S2. The summed E-state index contributed by atoms with van der Waals surface area (Å²) >= 11 is 3.99. The first-order valence-electron chi connectivity index (χ1n) is 7.03. The van der Waals surface area contributed by atoms with Gasteiger partial charge < -0.3 is 5.32 Å². The molecule has 0 amide bonds. The number of nitrogens with one attached hydrogen (secondary N) is 1. The molecule has 1 fully saturated rings. The summed E-state index contributed by atoms with van der Waals surface area (Å²) in [4.78, 5) is 6.28. The fraction of sp³-hybridized carbons (Fsp3) is 0.786. The molecule has 1 aromatic rings. The smallest absolute Gasteiger partial charge is 0.110 e. The normalized spacial score (nSPS) is 21.4. The monoisotopic (exact) mass is 284 g/mol. The molecular weight excluding hydrogens is 260 g/mol. The Morgan fingerprint density at radius 3 is 2.83 bits per heavy atom. The number of thioether (sulfide) groups is 1. The molecule has 0 aliphatic carbocycles. The average Bonchev–Trinajstić information content (AvgIpc) is 3.00. The van der Waals surface area contributed by atoms with Gasteiger partial charge in [-0.2, -0.15) is 11.8 Å². The van der Waals surface area contributed by atoms with E-state index >= 15 is 0 Å². The van der Waals surface area contributed by atoms with Gasteiger partial charge in [0.1, 0.15) is 5.01 Å². The predicted octanol–water partition coefficient (Wildman–Crippen LogP) is 3.81. The molecule has 0 saturated carbocycles. The highest BCUT2D eigenvalue weighted by Gasteiger charge is 2.28.